The molecule has 0 atom stereocenters. The van der Waals surface area contributed by atoms with Crippen LogP contribution in [0.2, 0.25) is 0 Å². The number of hydrogen-bond donors (Lipinski definition) is 1. The van der Waals surface area contributed by atoms with Crippen molar-refractivity contribution in [1.29, 1.82) is 0 Å². The second-order valence-electron chi connectivity index (χ2n) is 10.5. The highest BCUT2D eigenvalue weighted by atomic mass is 16.2. The van der Waals surface area contributed by atoms with E-state index in [1.54, 1.807) is 16.9 Å². The third-order valence-corrected chi connectivity index (χ3v) is 6.69. The Hall–Kier alpha value is -3.23. The number of carbonyl (C=O) groups excluding carboxylic acids is 2. The highest BCUT2D eigenvalue weighted by Gasteiger charge is 2.32. The van der Waals surface area contributed by atoms with Crippen LogP contribution in [0.5, 0.6) is 0 Å². The first kappa shape index (κ1) is 23.9. The van der Waals surface area contributed by atoms with Gasteiger partial charge in [0, 0.05) is 57.3 Å². The summed E-state index contributed by atoms with van der Waals surface area (Å²) in [5.74, 6) is 0.702. The molecule has 3 aromatic heterocycles. The molecule has 0 radical (unpaired) electrons. The lowest BCUT2D eigenvalue weighted by molar-refractivity contribution is -0.134. The molecule has 0 spiro atoms. The van der Waals surface area contributed by atoms with Crippen LogP contribution in [0.4, 0.5) is 0 Å². The quantitative estimate of drug-likeness (QED) is 0.539. The number of ketones is 1. The van der Waals surface area contributed by atoms with Gasteiger partial charge in [0.1, 0.15) is 11.5 Å². The van der Waals surface area contributed by atoms with Gasteiger partial charge in [-0.05, 0) is 38.2 Å². The molecule has 1 N–H and O–H groups in total. The molecule has 0 unspecified atom stereocenters. The molecule has 0 aliphatic carbocycles. The van der Waals surface area contributed by atoms with E-state index in [1.165, 1.54) is 0 Å². The summed E-state index contributed by atoms with van der Waals surface area (Å²) in [5, 5.41) is 4.84. The van der Waals surface area contributed by atoms with Gasteiger partial charge in [-0.15, -0.1) is 0 Å². The van der Waals surface area contributed by atoms with Crippen molar-refractivity contribution in [3.05, 3.63) is 46.4 Å². The first-order valence-corrected chi connectivity index (χ1v) is 11.9. The number of likely N-dealkylation sites (tertiary alicyclic amines) is 1. The second kappa shape index (κ2) is 9.19. The van der Waals surface area contributed by atoms with Gasteiger partial charge in [0.25, 0.3) is 5.56 Å². The third-order valence-electron chi connectivity index (χ3n) is 6.69. The summed E-state index contributed by atoms with van der Waals surface area (Å²) in [6, 6.07) is 1.97. The molecule has 4 rings (SSSR count). The van der Waals surface area contributed by atoms with Crippen LogP contribution in [0.1, 0.15) is 69.2 Å². The zero-order valence-electron chi connectivity index (χ0n) is 20.7. The summed E-state index contributed by atoms with van der Waals surface area (Å²) in [6.45, 7) is 9.24. The van der Waals surface area contributed by atoms with E-state index >= 15 is 0 Å². The van der Waals surface area contributed by atoms with E-state index in [0.29, 0.717) is 61.2 Å². The first-order chi connectivity index (χ1) is 16.0. The van der Waals surface area contributed by atoms with Crippen molar-refractivity contribution in [2.75, 3.05) is 13.1 Å². The summed E-state index contributed by atoms with van der Waals surface area (Å²) in [6.07, 6.45) is 7.45. The predicted molar refractivity (Wildman–Crippen MR) is 130 cm³/mol. The van der Waals surface area contributed by atoms with Crippen LogP contribution in [-0.4, -0.2) is 54.0 Å². The summed E-state index contributed by atoms with van der Waals surface area (Å²) >= 11 is 0. The molecule has 0 saturated carbocycles. The Balaban J connectivity index is 1.34. The van der Waals surface area contributed by atoms with Gasteiger partial charge in [0.2, 0.25) is 5.91 Å². The highest BCUT2D eigenvalue weighted by Crippen LogP contribution is 2.28. The number of amides is 1. The maximum absolute atomic E-state index is 13.1. The van der Waals surface area contributed by atoms with Crippen molar-refractivity contribution in [1.82, 2.24) is 29.2 Å². The van der Waals surface area contributed by atoms with Crippen LogP contribution in [0.15, 0.2) is 29.5 Å². The monoisotopic (exact) mass is 466 g/mol. The molecule has 4 heterocycles. The van der Waals surface area contributed by atoms with Crippen molar-refractivity contribution in [3.8, 4) is 0 Å². The van der Waals surface area contributed by atoms with Crippen molar-refractivity contribution in [2.45, 2.75) is 59.4 Å². The number of nitrogens with one attached hydrogen (secondary N) is 1. The highest BCUT2D eigenvalue weighted by molar-refractivity contribution is 5.97. The van der Waals surface area contributed by atoms with Gasteiger partial charge in [-0.1, -0.05) is 13.8 Å². The fourth-order valence-corrected chi connectivity index (χ4v) is 4.69. The fraction of sp³-hybridized carbons (Fsp3) is 0.560. The van der Waals surface area contributed by atoms with Gasteiger partial charge in [0.05, 0.1) is 17.1 Å². The lowest BCUT2D eigenvalue weighted by Crippen LogP contribution is -2.42. The Morgan fingerprint density at radius 1 is 1.24 bits per heavy atom. The number of aromatic amines is 1. The predicted octanol–water partition coefficient (Wildman–Crippen LogP) is 3.12. The van der Waals surface area contributed by atoms with Crippen LogP contribution >= 0.6 is 0 Å². The van der Waals surface area contributed by atoms with Crippen molar-refractivity contribution in [3.63, 3.8) is 0 Å². The van der Waals surface area contributed by atoms with Crippen molar-refractivity contribution < 1.29 is 9.59 Å². The van der Waals surface area contributed by atoms with Gasteiger partial charge in [-0.2, -0.15) is 5.10 Å². The van der Waals surface area contributed by atoms with Gasteiger partial charge in [0.15, 0.2) is 5.78 Å². The normalized spacial score (nSPS) is 15.4. The van der Waals surface area contributed by atoms with E-state index in [-0.39, 0.29) is 34.6 Å². The standard InChI is InChI=1S/C25H34N6O3/c1-16(2)31-15-18(14-26-31)22(33)17-6-10-30(11-7-17)21(32)13-25(3,4)12-20-27-23-19(24(34)28-20)8-9-29(23)5/h8-9,14-17H,6-7,10-13H2,1-5H3,(H,27,28,34). The van der Waals surface area contributed by atoms with E-state index < -0.39 is 0 Å². The average molecular weight is 467 g/mol. The zero-order valence-corrected chi connectivity index (χ0v) is 20.7. The topological polar surface area (TPSA) is 106 Å². The Morgan fingerprint density at radius 3 is 2.59 bits per heavy atom. The maximum Gasteiger partial charge on any atom is 0.260 e. The number of hydrogen-bond acceptors (Lipinski definition) is 5. The Morgan fingerprint density at radius 2 is 1.94 bits per heavy atom. The van der Waals surface area contributed by atoms with Gasteiger partial charge < -0.3 is 14.5 Å². The molecule has 182 valence electrons. The molecular weight excluding hydrogens is 432 g/mol. The largest absolute Gasteiger partial charge is 0.343 e. The number of nitrogens with zero attached hydrogens (tertiary/aromatic N) is 5. The first-order valence-electron chi connectivity index (χ1n) is 11.9. The number of fused-ring (bicyclic) bond motifs is 1. The number of rotatable bonds is 7. The lowest BCUT2D eigenvalue weighted by Gasteiger charge is -2.34. The zero-order chi connectivity index (χ0) is 24.6. The summed E-state index contributed by atoms with van der Waals surface area (Å²) in [4.78, 5) is 47.6. The van der Waals surface area contributed by atoms with Crippen LogP contribution < -0.4 is 5.56 Å². The van der Waals surface area contributed by atoms with Crippen LogP contribution in [-0.2, 0) is 18.3 Å². The molecule has 0 aromatic carbocycles. The smallest absolute Gasteiger partial charge is 0.260 e. The Bertz CT molecular complexity index is 1260. The fourth-order valence-electron chi connectivity index (χ4n) is 4.69. The number of H-pyrrole nitrogens is 1. The van der Waals surface area contributed by atoms with Gasteiger partial charge in [-0.25, -0.2) is 4.98 Å². The van der Waals surface area contributed by atoms with E-state index in [2.05, 4.69) is 15.1 Å². The number of carbonyl (C=O) groups is 2. The van der Waals surface area contributed by atoms with Crippen molar-refractivity contribution in [2.24, 2.45) is 18.4 Å². The molecule has 1 amide bonds. The molecule has 1 aliphatic rings. The number of aromatic nitrogens is 5. The summed E-state index contributed by atoms with van der Waals surface area (Å²) < 4.78 is 3.62. The van der Waals surface area contributed by atoms with E-state index in [9.17, 15) is 14.4 Å². The van der Waals surface area contributed by atoms with Crippen LogP contribution in [0.3, 0.4) is 0 Å². The number of Topliss-reactive ketones (excluding diaryl/α,β-unsaturated/α-hetero) is 1. The maximum atomic E-state index is 13.1. The Labute approximate surface area is 199 Å². The summed E-state index contributed by atoms with van der Waals surface area (Å²) in [5.41, 5.74) is 0.764. The minimum atomic E-state index is -0.371. The third kappa shape index (κ3) is 4.98. The van der Waals surface area contributed by atoms with Crippen LogP contribution in [0, 0.1) is 11.3 Å². The molecule has 9 heteroatoms. The van der Waals surface area contributed by atoms with Gasteiger partial charge >= 0.3 is 0 Å². The molecule has 1 saturated heterocycles. The number of piperidine rings is 1. The molecule has 3 aromatic rings. The summed E-state index contributed by atoms with van der Waals surface area (Å²) in [7, 11) is 1.86. The average Bonchev–Trinajstić information content (AvgIpc) is 3.41. The minimum absolute atomic E-state index is 0.0748. The molecule has 1 fully saturated rings. The molecule has 0 bridgehead atoms. The molecule has 9 nitrogen and oxygen atoms in total. The SMILES string of the molecule is CC(C)n1cc(C(=O)C2CCN(C(=O)CC(C)(C)Cc3nc4c(ccn4C)c(=O)[nH]3)CC2)cn1. The lowest BCUT2D eigenvalue weighted by atomic mass is 9.84. The number of aryl methyl sites for hydroxylation is 1. The molecule has 34 heavy (non-hydrogen) atoms. The Kier molecular flexibility index (Phi) is 6.47. The van der Waals surface area contributed by atoms with E-state index in [0.717, 1.165) is 0 Å². The van der Waals surface area contributed by atoms with E-state index in [4.69, 9.17) is 0 Å². The van der Waals surface area contributed by atoms with Crippen molar-refractivity contribution >= 4 is 22.7 Å². The second-order valence-corrected chi connectivity index (χ2v) is 10.5. The molecular formula is C25H34N6O3. The minimum Gasteiger partial charge on any atom is -0.343 e. The van der Waals surface area contributed by atoms with E-state index in [1.807, 2.05) is 56.6 Å². The van der Waals surface area contributed by atoms with Crippen LogP contribution in [0.25, 0.3) is 11.0 Å². The molecule has 1 aliphatic heterocycles. The van der Waals surface area contributed by atoms with Gasteiger partial charge in [-0.3, -0.25) is 19.1 Å².